The normalized spacial score (nSPS) is 12.4. The van der Waals surface area contributed by atoms with Crippen molar-refractivity contribution in [2.24, 2.45) is 0 Å². The Morgan fingerprint density at radius 3 is 2.00 bits per heavy atom. The molecular formula is C17H27NO. The van der Waals surface area contributed by atoms with Gasteiger partial charge in [-0.3, -0.25) is 4.79 Å². The molecule has 0 aliphatic rings. The molecule has 0 aromatic heterocycles. The van der Waals surface area contributed by atoms with E-state index in [2.05, 4.69) is 54.5 Å². The fourth-order valence-electron chi connectivity index (χ4n) is 1.95. The predicted octanol–water partition coefficient (Wildman–Crippen LogP) is 4.16. The topological polar surface area (TPSA) is 20.3 Å². The number of aryl methyl sites for hydroxylation is 1. The predicted molar refractivity (Wildman–Crippen MR) is 81.7 cm³/mol. The van der Waals surface area contributed by atoms with Crippen LogP contribution < -0.4 is 0 Å². The van der Waals surface area contributed by atoms with E-state index in [1.165, 1.54) is 5.56 Å². The van der Waals surface area contributed by atoms with Crippen LogP contribution in [0.15, 0.2) is 18.2 Å². The molecule has 0 saturated heterocycles. The minimum absolute atomic E-state index is 0.0320. The van der Waals surface area contributed by atoms with Crippen molar-refractivity contribution in [3.8, 4) is 0 Å². The van der Waals surface area contributed by atoms with E-state index in [1.807, 2.05) is 24.1 Å². The lowest BCUT2D eigenvalue weighted by Gasteiger charge is -2.34. The van der Waals surface area contributed by atoms with Crippen LogP contribution in [0.25, 0.3) is 0 Å². The van der Waals surface area contributed by atoms with Crippen molar-refractivity contribution in [3.63, 3.8) is 0 Å². The van der Waals surface area contributed by atoms with Crippen molar-refractivity contribution in [1.82, 2.24) is 4.90 Å². The Bertz CT molecular complexity index is 475. The van der Waals surface area contributed by atoms with Crippen LogP contribution >= 0.6 is 0 Å². The summed E-state index contributed by atoms with van der Waals surface area (Å²) >= 11 is 0. The largest absolute Gasteiger partial charge is 0.337 e. The monoisotopic (exact) mass is 261 g/mol. The molecule has 0 spiro atoms. The molecule has 0 saturated carbocycles. The highest BCUT2D eigenvalue weighted by Crippen LogP contribution is 2.28. The molecule has 1 rings (SSSR count). The van der Waals surface area contributed by atoms with E-state index in [0.29, 0.717) is 0 Å². The van der Waals surface area contributed by atoms with Gasteiger partial charge in [0.1, 0.15) is 0 Å². The minimum atomic E-state index is -0.170. The summed E-state index contributed by atoms with van der Waals surface area (Å²) in [5, 5.41) is 0. The van der Waals surface area contributed by atoms with Gasteiger partial charge in [0, 0.05) is 18.2 Å². The first kappa shape index (κ1) is 15.7. The Hall–Kier alpha value is -1.31. The number of carbonyl (C=O) groups is 1. The fourth-order valence-corrected chi connectivity index (χ4v) is 1.95. The average molecular weight is 261 g/mol. The zero-order chi connectivity index (χ0) is 15.0. The lowest BCUT2D eigenvalue weighted by Crippen LogP contribution is -2.43. The van der Waals surface area contributed by atoms with Gasteiger partial charge in [-0.1, -0.05) is 38.5 Å². The highest BCUT2D eigenvalue weighted by Gasteiger charge is 2.28. The molecule has 19 heavy (non-hydrogen) atoms. The number of carbonyl (C=O) groups excluding carboxylic acids is 1. The summed E-state index contributed by atoms with van der Waals surface area (Å²) in [4.78, 5) is 14.5. The molecule has 0 heterocycles. The summed E-state index contributed by atoms with van der Waals surface area (Å²) in [5.74, 6) is 0.0948. The third-order valence-corrected chi connectivity index (χ3v) is 3.52. The third kappa shape index (κ3) is 3.59. The Morgan fingerprint density at radius 1 is 1.05 bits per heavy atom. The number of hydrogen-bond acceptors (Lipinski definition) is 1. The van der Waals surface area contributed by atoms with Crippen molar-refractivity contribution < 1.29 is 4.79 Å². The van der Waals surface area contributed by atoms with Gasteiger partial charge in [-0.2, -0.15) is 0 Å². The molecule has 0 atom stereocenters. The molecule has 106 valence electrons. The molecule has 0 N–H and O–H groups in total. The molecule has 0 fully saturated rings. The highest BCUT2D eigenvalue weighted by molar-refractivity contribution is 5.96. The van der Waals surface area contributed by atoms with Crippen molar-refractivity contribution in [2.75, 3.05) is 7.05 Å². The molecule has 0 aliphatic heterocycles. The van der Waals surface area contributed by atoms with Gasteiger partial charge in [-0.25, -0.2) is 0 Å². The second-order valence-corrected chi connectivity index (χ2v) is 7.33. The first-order valence-electron chi connectivity index (χ1n) is 6.84. The van der Waals surface area contributed by atoms with Gasteiger partial charge >= 0.3 is 0 Å². The molecule has 2 nitrogen and oxygen atoms in total. The van der Waals surface area contributed by atoms with Gasteiger partial charge in [-0.15, -0.1) is 0 Å². The SMILES string of the molecule is Cc1ccc(C(=O)N(C)C(C)(C)C)c(C(C)(C)C)c1. The number of rotatable bonds is 1. The standard InChI is InChI=1S/C17H27NO/c1-12-9-10-13(14(11-12)16(2,3)4)15(19)18(8)17(5,6)7/h9-11H,1-8H3. The zero-order valence-electron chi connectivity index (χ0n) is 13.6. The first-order chi connectivity index (χ1) is 8.44. The second-order valence-electron chi connectivity index (χ2n) is 7.33. The number of nitrogens with zero attached hydrogens (tertiary/aromatic N) is 1. The number of benzene rings is 1. The van der Waals surface area contributed by atoms with E-state index in [0.717, 1.165) is 11.1 Å². The van der Waals surface area contributed by atoms with Crippen molar-refractivity contribution in [2.45, 2.75) is 59.4 Å². The lowest BCUT2D eigenvalue weighted by atomic mass is 9.82. The van der Waals surface area contributed by atoms with Gasteiger partial charge in [0.2, 0.25) is 0 Å². The van der Waals surface area contributed by atoms with Crippen LogP contribution in [0.1, 0.15) is 63.0 Å². The third-order valence-electron chi connectivity index (χ3n) is 3.52. The molecule has 1 amide bonds. The van der Waals surface area contributed by atoms with Gasteiger partial charge in [0.05, 0.1) is 0 Å². The van der Waals surface area contributed by atoms with E-state index < -0.39 is 0 Å². The van der Waals surface area contributed by atoms with E-state index in [9.17, 15) is 4.79 Å². The lowest BCUT2D eigenvalue weighted by molar-refractivity contribution is 0.0653. The summed E-state index contributed by atoms with van der Waals surface area (Å²) in [7, 11) is 1.87. The van der Waals surface area contributed by atoms with E-state index in [4.69, 9.17) is 0 Å². The van der Waals surface area contributed by atoms with Gasteiger partial charge in [0.15, 0.2) is 0 Å². The van der Waals surface area contributed by atoms with Crippen LogP contribution in [0, 0.1) is 6.92 Å². The van der Waals surface area contributed by atoms with E-state index in [-0.39, 0.29) is 16.9 Å². The maximum atomic E-state index is 12.7. The molecule has 0 radical (unpaired) electrons. The Morgan fingerprint density at radius 2 is 1.58 bits per heavy atom. The van der Waals surface area contributed by atoms with Gasteiger partial charge in [0.25, 0.3) is 5.91 Å². The van der Waals surface area contributed by atoms with E-state index in [1.54, 1.807) is 0 Å². The summed E-state index contributed by atoms with van der Waals surface area (Å²) in [6.45, 7) is 14.7. The van der Waals surface area contributed by atoms with Crippen molar-refractivity contribution in [1.29, 1.82) is 0 Å². The molecule has 2 heteroatoms. The summed E-state index contributed by atoms with van der Waals surface area (Å²) in [5.41, 5.74) is 2.93. The van der Waals surface area contributed by atoms with Crippen LogP contribution in [-0.2, 0) is 5.41 Å². The van der Waals surface area contributed by atoms with Crippen LogP contribution in [0.4, 0.5) is 0 Å². The van der Waals surface area contributed by atoms with Crippen LogP contribution in [0.2, 0.25) is 0 Å². The zero-order valence-corrected chi connectivity index (χ0v) is 13.6. The average Bonchev–Trinajstić information content (AvgIpc) is 2.24. The van der Waals surface area contributed by atoms with Gasteiger partial charge in [-0.05, 0) is 44.7 Å². The Balaban J connectivity index is 3.32. The summed E-state index contributed by atoms with van der Waals surface area (Å²) < 4.78 is 0. The highest BCUT2D eigenvalue weighted by atomic mass is 16.2. The number of hydrogen-bond donors (Lipinski definition) is 0. The summed E-state index contributed by atoms with van der Waals surface area (Å²) in [6, 6.07) is 6.10. The first-order valence-corrected chi connectivity index (χ1v) is 6.84. The summed E-state index contributed by atoms with van der Waals surface area (Å²) in [6.07, 6.45) is 0. The quantitative estimate of drug-likeness (QED) is 0.743. The Labute approximate surface area is 117 Å². The minimum Gasteiger partial charge on any atom is -0.337 e. The second kappa shape index (κ2) is 4.99. The van der Waals surface area contributed by atoms with Crippen molar-refractivity contribution >= 4 is 5.91 Å². The maximum Gasteiger partial charge on any atom is 0.254 e. The van der Waals surface area contributed by atoms with Crippen LogP contribution in [0.5, 0.6) is 0 Å². The fraction of sp³-hybridized carbons (Fsp3) is 0.588. The van der Waals surface area contributed by atoms with Crippen LogP contribution in [0.3, 0.4) is 0 Å². The van der Waals surface area contributed by atoms with Crippen LogP contribution in [-0.4, -0.2) is 23.4 Å². The molecule has 1 aromatic carbocycles. The van der Waals surface area contributed by atoms with Crippen molar-refractivity contribution in [3.05, 3.63) is 34.9 Å². The molecule has 0 bridgehead atoms. The molecule has 1 aromatic rings. The molecule has 0 unspecified atom stereocenters. The smallest absolute Gasteiger partial charge is 0.254 e. The van der Waals surface area contributed by atoms with E-state index >= 15 is 0 Å². The maximum absolute atomic E-state index is 12.7. The molecular weight excluding hydrogens is 234 g/mol. The Kier molecular flexibility index (Phi) is 4.14. The molecule has 0 aliphatic carbocycles. The van der Waals surface area contributed by atoms with Gasteiger partial charge < -0.3 is 4.90 Å². The number of amides is 1.